The number of esters is 1. The summed E-state index contributed by atoms with van der Waals surface area (Å²) >= 11 is 0. The maximum absolute atomic E-state index is 12.2. The van der Waals surface area contributed by atoms with Crippen LogP contribution in [0, 0.1) is 0 Å². The van der Waals surface area contributed by atoms with E-state index in [0.717, 1.165) is 26.2 Å². The minimum atomic E-state index is -0.280. The number of morpholine rings is 2. The van der Waals surface area contributed by atoms with Crippen LogP contribution in [0.3, 0.4) is 0 Å². The molecule has 0 aliphatic carbocycles. The van der Waals surface area contributed by atoms with Crippen molar-refractivity contribution in [3.05, 3.63) is 0 Å². The van der Waals surface area contributed by atoms with E-state index in [1.54, 1.807) is 0 Å². The van der Waals surface area contributed by atoms with E-state index in [0.29, 0.717) is 33.0 Å². The molecule has 0 spiro atoms. The molecule has 2 fully saturated rings. The first-order valence-electron chi connectivity index (χ1n) is 6.63. The summed E-state index contributed by atoms with van der Waals surface area (Å²) in [5, 5.41) is 0. The van der Waals surface area contributed by atoms with E-state index in [4.69, 9.17) is 14.2 Å². The SMILES string of the molecule is CCOC(=O)C(N1CCOCC1)N1CCOCC1. The molecule has 6 nitrogen and oxygen atoms in total. The molecule has 0 unspecified atom stereocenters. The zero-order valence-corrected chi connectivity index (χ0v) is 11.0. The Hall–Kier alpha value is -0.690. The van der Waals surface area contributed by atoms with Gasteiger partial charge >= 0.3 is 5.97 Å². The van der Waals surface area contributed by atoms with Crippen LogP contribution in [-0.2, 0) is 19.0 Å². The van der Waals surface area contributed by atoms with Gasteiger partial charge in [0.2, 0.25) is 0 Å². The number of ether oxygens (including phenoxy) is 3. The summed E-state index contributed by atoms with van der Waals surface area (Å²) in [6.45, 7) is 8.10. The molecule has 2 rings (SSSR count). The molecule has 0 N–H and O–H groups in total. The highest BCUT2D eigenvalue weighted by Crippen LogP contribution is 2.13. The van der Waals surface area contributed by atoms with Crippen LogP contribution >= 0.6 is 0 Å². The van der Waals surface area contributed by atoms with Gasteiger partial charge in [0.1, 0.15) is 0 Å². The normalized spacial score (nSPS) is 23.2. The Morgan fingerprint density at radius 2 is 1.50 bits per heavy atom. The first-order valence-corrected chi connectivity index (χ1v) is 6.63. The molecule has 0 aromatic carbocycles. The predicted octanol–water partition coefficient (Wildman–Crippen LogP) is -0.460. The molecule has 0 atom stereocenters. The molecule has 0 aromatic heterocycles. The first-order chi connectivity index (χ1) is 8.83. The van der Waals surface area contributed by atoms with E-state index < -0.39 is 0 Å². The smallest absolute Gasteiger partial charge is 0.338 e. The van der Waals surface area contributed by atoms with Gasteiger partial charge in [-0.1, -0.05) is 0 Å². The maximum atomic E-state index is 12.2. The van der Waals surface area contributed by atoms with Gasteiger partial charge in [0.05, 0.1) is 33.0 Å². The molecule has 0 radical (unpaired) electrons. The first kappa shape index (κ1) is 13.7. The predicted molar refractivity (Wildman–Crippen MR) is 65.2 cm³/mol. The molecule has 18 heavy (non-hydrogen) atoms. The van der Waals surface area contributed by atoms with Crippen molar-refractivity contribution in [3.8, 4) is 0 Å². The minimum Gasteiger partial charge on any atom is -0.464 e. The Morgan fingerprint density at radius 3 is 1.89 bits per heavy atom. The van der Waals surface area contributed by atoms with E-state index in [9.17, 15) is 4.79 Å². The Bertz CT molecular complexity index is 245. The second-order valence-electron chi connectivity index (χ2n) is 4.42. The summed E-state index contributed by atoms with van der Waals surface area (Å²) in [6.07, 6.45) is -0.280. The number of hydrogen-bond acceptors (Lipinski definition) is 6. The molecule has 2 aliphatic rings. The highest BCUT2D eigenvalue weighted by atomic mass is 16.5. The lowest BCUT2D eigenvalue weighted by molar-refractivity contribution is -0.164. The van der Waals surface area contributed by atoms with Gasteiger partial charge in [-0.3, -0.25) is 9.80 Å². The topological polar surface area (TPSA) is 51.2 Å². The zero-order valence-electron chi connectivity index (χ0n) is 11.0. The van der Waals surface area contributed by atoms with Crippen LogP contribution in [-0.4, -0.2) is 81.1 Å². The minimum absolute atomic E-state index is 0.152. The van der Waals surface area contributed by atoms with Crippen molar-refractivity contribution in [1.82, 2.24) is 9.80 Å². The van der Waals surface area contributed by atoms with Crippen LogP contribution in [0.1, 0.15) is 6.92 Å². The average molecular weight is 258 g/mol. The van der Waals surface area contributed by atoms with Crippen LogP contribution in [0.4, 0.5) is 0 Å². The summed E-state index contributed by atoms with van der Waals surface area (Å²) in [4.78, 5) is 16.4. The summed E-state index contributed by atoms with van der Waals surface area (Å²) in [7, 11) is 0. The second-order valence-corrected chi connectivity index (χ2v) is 4.42. The Morgan fingerprint density at radius 1 is 1.06 bits per heavy atom. The van der Waals surface area contributed by atoms with Crippen molar-refractivity contribution in [2.24, 2.45) is 0 Å². The fraction of sp³-hybridized carbons (Fsp3) is 0.917. The molecular weight excluding hydrogens is 236 g/mol. The molecule has 0 bridgehead atoms. The number of carbonyl (C=O) groups excluding carboxylic acids is 1. The largest absolute Gasteiger partial charge is 0.464 e. The Balaban J connectivity index is 2.02. The Labute approximate surface area is 108 Å². The van der Waals surface area contributed by atoms with Crippen LogP contribution in [0.5, 0.6) is 0 Å². The number of nitrogens with zero attached hydrogens (tertiary/aromatic N) is 2. The highest BCUT2D eigenvalue weighted by Gasteiger charge is 2.34. The van der Waals surface area contributed by atoms with Gasteiger partial charge in [-0.15, -0.1) is 0 Å². The van der Waals surface area contributed by atoms with Crippen LogP contribution in [0.25, 0.3) is 0 Å². The summed E-state index contributed by atoms with van der Waals surface area (Å²) in [6, 6.07) is 0. The molecule has 0 amide bonds. The monoisotopic (exact) mass is 258 g/mol. The standard InChI is InChI=1S/C12H22N2O4/c1-2-18-12(15)11(13-3-7-16-8-4-13)14-5-9-17-10-6-14/h11H,2-10H2,1H3. The van der Waals surface area contributed by atoms with Crippen molar-refractivity contribution in [2.45, 2.75) is 13.1 Å². The Kier molecular flexibility index (Phi) is 5.37. The van der Waals surface area contributed by atoms with E-state index in [1.807, 2.05) is 6.92 Å². The molecule has 0 aromatic rings. The third-order valence-electron chi connectivity index (χ3n) is 3.28. The summed E-state index contributed by atoms with van der Waals surface area (Å²) < 4.78 is 15.9. The van der Waals surface area contributed by atoms with E-state index in [2.05, 4.69) is 9.80 Å². The number of hydrogen-bond donors (Lipinski definition) is 0. The molecule has 6 heteroatoms. The lowest BCUT2D eigenvalue weighted by Gasteiger charge is -2.40. The molecule has 104 valence electrons. The van der Waals surface area contributed by atoms with Crippen molar-refractivity contribution in [3.63, 3.8) is 0 Å². The molecule has 0 saturated carbocycles. The van der Waals surface area contributed by atoms with Gasteiger partial charge in [0.15, 0.2) is 6.17 Å². The number of rotatable bonds is 4. The van der Waals surface area contributed by atoms with E-state index in [1.165, 1.54) is 0 Å². The van der Waals surface area contributed by atoms with Gasteiger partial charge in [0, 0.05) is 26.2 Å². The van der Waals surface area contributed by atoms with Gasteiger partial charge in [-0.25, -0.2) is 4.79 Å². The van der Waals surface area contributed by atoms with Crippen molar-refractivity contribution in [1.29, 1.82) is 0 Å². The lowest BCUT2D eigenvalue weighted by Crippen LogP contribution is -2.59. The van der Waals surface area contributed by atoms with Crippen LogP contribution in [0.15, 0.2) is 0 Å². The zero-order chi connectivity index (χ0) is 12.8. The number of carbonyl (C=O) groups is 1. The van der Waals surface area contributed by atoms with E-state index in [-0.39, 0.29) is 12.1 Å². The van der Waals surface area contributed by atoms with Crippen LogP contribution < -0.4 is 0 Å². The summed E-state index contributed by atoms with van der Waals surface area (Å²) in [5.74, 6) is -0.152. The van der Waals surface area contributed by atoms with Crippen molar-refractivity contribution < 1.29 is 19.0 Å². The fourth-order valence-electron chi connectivity index (χ4n) is 2.39. The third-order valence-corrected chi connectivity index (χ3v) is 3.28. The molecule has 2 saturated heterocycles. The quantitative estimate of drug-likeness (QED) is 0.636. The molecular formula is C12H22N2O4. The van der Waals surface area contributed by atoms with Gasteiger partial charge in [-0.05, 0) is 6.92 Å². The maximum Gasteiger partial charge on any atom is 0.338 e. The molecule has 2 heterocycles. The van der Waals surface area contributed by atoms with Gasteiger partial charge in [-0.2, -0.15) is 0 Å². The third kappa shape index (κ3) is 3.41. The van der Waals surface area contributed by atoms with Crippen molar-refractivity contribution in [2.75, 3.05) is 59.2 Å². The van der Waals surface area contributed by atoms with Crippen LogP contribution in [0.2, 0.25) is 0 Å². The fourth-order valence-corrected chi connectivity index (χ4v) is 2.39. The van der Waals surface area contributed by atoms with Crippen molar-refractivity contribution >= 4 is 5.97 Å². The molecule has 2 aliphatic heterocycles. The van der Waals surface area contributed by atoms with Gasteiger partial charge < -0.3 is 14.2 Å². The second kappa shape index (κ2) is 7.04. The van der Waals surface area contributed by atoms with Gasteiger partial charge in [0.25, 0.3) is 0 Å². The van der Waals surface area contributed by atoms with E-state index >= 15 is 0 Å². The lowest BCUT2D eigenvalue weighted by atomic mass is 10.3. The average Bonchev–Trinajstić information content (AvgIpc) is 2.42. The summed E-state index contributed by atoms with van der Waals surface area (Å²) in [5.41, 5.74) is 0. The highest BCUT2D eigenvalue weighted by molar-refractivity contribution is 5.75.